The molecule has 0 spiro atoms. The molecule has 2 aromatic heterocycles. The van der Waals surface area contributed by atoms with Crippen molar-refractivity contribution in [2.75, 3.05) is 0 Å². The minimum atomic E-state index is -6.06. The van der Waals surface area contributed by atoms with Crippen molar-refractivity contribution in [2.24, 2.45) is 0 Å². The van der Waals surface area contributed by atoms with Gasteiger partial charge in [0.15, 0.2) is 28.3 Å². The fourth-order valence-electron chi connectivity index (χ4n) is 2.91. The van der Waals surface area contributed by atoms with Gasteiger partial charge in [0.2, 0.25) is 5.43 Å². The van der Waals surface area contributed by atoms with E-state index in [1.807, 2.05) is 0 Å². The zero-order valence-corrected chi connectivity index (χ0v) is 17.1. The Bertz CT molecular complexity index is 1350. The summed E-state index contributed by atoms with van der Waals surface area (Å²) in [6.45, 7) is 0.297. The average Bonchev–Trinajstić information content (AvgIpc) is 2.69. The predicted octanol–water partition coefficient (Wildman–Crippen LogP) is 4.91. The zero-order chi connectivity index (χ0) is 25.7. The number of benzene rings is 1. The molecule has 1 unspecified atom stereocenters. The summed E-state index contributed by atoms with van der Waals surface area (Å²) in [6, 6.07) is -2.06. The molecule has 0 aliphatic rings. The fourth-order valence-corrected chi connectivity index (χ4v) is 3.04. The van der Waals surface area contributed by atoms with Gasteiger partial charge in [-0.05, 0) is 13.0 Å². The second-order valence-electron chi connectivity index (χ2n) is 6.91. The van der Waals surface area contributed by atoms with Gasteiger partial charge >= 0.3 is 12.1 Å². The summed E-state index contributed by atoms with van der Waals surface area (Å²) >= 11 is 5.55. The molecule has 34 heavy (non-hydrogen) atoms. The number of nitrogens with zero attached hydrogens (tertiary/aromatic N) is 2. The monoisotopic (exact) mass is 517 g/mol. The van der Waals surface area contributed by atoms with Crippen LogP contribution in [0.4, 0.5) is 39.5 Å². The number of pyridine rings is 2. The van der Waals surface area contributed by atoms with Gasteiger partial charge < -0.3 is 5.32 Å². The highest BCUT2D eigenvalue weighted by molar-refractivity contribution is 6.29. The number of halogens is 10. The molecule has 0 aliphatic heterocycles. The topological polar surface area (TPSA) is 64.0 Å². The van der Waals surface area contributed by atoms with Crippen LogP contribution in [0.3, 0.4) is 0 Å². The first-order chi connectivity index (χ1) is 15.6. The van der Waals surface area contributed by atoms with Crippen molar-refractivity contribution in [1.82, 2.24) is 14.9 Å². The Kier molecular flexibility index (Phi) is 6.33. The Balaban J connectivity index is 2.28. The average molecular weight is 518 g/mol. The molecule has 0 fully saturated rings. The number of hydrogen-bond donors (Lipinski definition) is 1. The third-order valence-electron chi connectivity index (χ3n) is 4.63. The lowest BCUT2D eigenvalue weighted by Crippen LogP contribution is -2.54. The summed E-state index contributed by atoms with van der Waals surface area (Å²) < 4.78 is 121. The van der Waals surface area contributed by atoms with E-state index in [1.165, 1.54) is 5.32 Å². The van der Waals surface area contributed by atoms with Gasteiger partial charge in [0.1, 0.15) is 17.1 Å². The molecule has 15 heteroatoms. The molecule has 5 nitrogen and oxygen atoms in total. The van der Waals surface area contributed by atoms with Crippen LogP contribution in [-0.2, 0) is 0 Å². The standard InChI is InChI=1S/C19H9ClF9N3O2/c1-6(18(25,26)19(27,28)29)30-17(34)9-5-32(13-10(22)2-7(21)3-11(13)23)16-8(14(9)33)4-12(24)15(20)31-16/h2-6H,1H3,(H,30,34). The van der Waals surface area contributed by atoms with Crippen LogP contribution < -0.4 is 10.7 Å². The van der Waals surface area contributed by atoms with Crippen molar-refractivity contribution in [2.45, 2.75) is 25.1 Å². The molecule has 1 atom stereocenters. The van der Waals surface area contributed by atoms with E-state index in [0.29, 0.717) is 23.8 Å². The van der Waals surface area contributed by atoms with E-state index in [-0.39, 0.29) is 12.1 Å². The molecule has 3 rings (SSSR count). The van der Waals surface area contributed by atoms with Gasteiger partial charge in [0.25, 0.3) is 5.91 Å². The largest absolute Gasteiger partial charge is 0.455 e. The van der Waals surface area contributed by atoms with E-state index >= 15 is 0 Å². The van der Waals surface area contributed by atoms with Crippen molar-refractivity contribution >= 4 is 28.5 Å². The molecule has 2 heterocycles. The van der Waals surface area contributed by atoms with Gasteiger partial charge in [0.05, 0.1) is 11.4 Å². The molecule has 3 aromatic rings. The van der Waals surface area contributed by atoms with Gasteiger partial charge in [-0.3, -0.25) is 14.2 Å². The summed E-state index contributed by atoms with van der Waals surface area (Å²) in [5, 5.41) is -0.434. The van der Waals surface area contributed by atoms with Crippen LogP contribution in [0.2, 0.25) is 5.15 Å². The maximum Gasteiger partial charge on any atom is 0.455 e. The molecule has 182 valence electrons. The number of fused-ring (bicyclic) bond motifs is 1. The first-order valence-electron chi connectivity index (χ1n) is 8.88. The van der Waals surface area contributed by atoms with Crippen molar-refractivity contribution in [3.05, 3.63) is 68.6 Å². The molecular weight excluding hydrogens is 509 g/mol. The van der Waals surface area contributed by atoms with Gasteiger partial charge in [-0.25, -0.2) is 22.5 Å². The molecule has 0 saturated carbocycles. The van der Waals surface area contributed by atoms with Gasteiger partial charge in [0, 0.05) is 18.3 Å². The lowest BCUT2D eigenvalue weighted by molar-refractivity contribution is -0.290. The molecule has 0 radical (unpaired) electrons. The second-order valence-corrected chi connectivity index (χ2v) is 7.27. The number of carbonyl (C=O) groups is 1. The molecule has 0 aliphatic carbocycles. The van der Waals surface area contributed by atoms with Gasteiger partial charge in [-0.1, -0.05) is 11.6 Å². The summed E-state index contributed by atoms with van der Waals surface area (Å²) in [4.78, 5) is 28.6. The van der Waals surface area contributed by atoms with Crippen LogP contribution >= 0.6 is 11.6 Å². The Morgan fingerprint density at radius 3 is 2.12 bits per heavy atom. The van der Waals surface area contributed by atoms with Gasteiger partial charge in [-0.15, -0.1) is 0 Å². The first-order valence-corrected chi connectivity index (χ1v) is 9.25. The van der Waals surface area contributed by atoms with Gasteiger partial charge in [-0.2, -0.15) is 22.0 Å². The van der Waals surface area contributed by atoms with E-state index in [9.17, 15) is 49.1 Å². The van der Waals surface area contributed by atoms with Crippen molar-refractivity contribution in [3.63, 3.8) is 0 Å². The number of amides is 1. The fraction of sp³-hybridized carbons (Fsp3) is 0.211. The Hall–Kier alpha value is -3.29. The maximum absolute atomic E-state index is 14.4. The van der Waals surface area contributed by atoms with E-state index in [2.05, 4.69) is 4.98 Å². The smallest absolute Gasteiger partial charge is 0.343 e. The number of hydrogen-bond acceptors (Lipinski definition) is 3. The van der Waals surface area contributed by atoms with Crippen LogP contribution in [-0.4, -0.2) is 33.6 Å². The first kappa shape index (κ1) is 25.3. The quantitative estimate of drug-likeness (QED) is 0.395. The molecule has 1 aromatic carbocycles. The Morgan fingerprint density at radius 1 is 1.03 bits per heavy atom. The Labute approximate surface area is 187 Å². The highest BCUT2D eigenvalue weighted by atomic mass is 35.5. The lowest BCUT2D eigenvalue weighted by Gasteiger charge is -2.26. The molecule has 1 N–H and O–H groups in total. The third-order valence-corrected chi connectivity index (χ3v) is 4.89. The third kappa shape index (κ3) is 4.29. The number of nitrogens with one attached hydrogen (secondary N) is 1. The maximum atomic E-state index is 14.4. The molecule has 0 bridgehead atoms. The highest BCUT2D eigenvalue weighted by Crippen LogP contribution is 2.38. The van der Waals surface area contributed by atoms with E-state index in [1.54, 1.807) is 0 Å². The lowest BCUT2D eigenvalue weighted by atomic mass is 10.1. The number of alkyl halides is 5. The number of carbonyl (C=O) groups excluding carboxylic acids is 1. The van der Waals surface area contributed by atoms with Crippen molar-refractivity contribution < 1.29 is 44.3 Å². The van der Waals surface area contributed by atoms with E-state index in [4.69, 9.17) is 11.6 Å². The summed E-state index contributed by atoms with van der Waals surface area (Å²) in [5.41, 5.74) is -4.50. The normalized spacial score (nSPS) is 13.3. The van der Waals surface area contributed by atoms with Crippen LogP contribution in [0.15, 0.2) is 29.2 Å². The predicted molar refractivity (Wildman–Crippen MR) is 100 cm³/mol. The van der Waals surface area contributed by atoms with Crippen molar-refractivity contribution in [3.8, 4) is 5.69 Å². The van der Waals surface area contributed by atoms with E-state index in [0.717, 1.165) is 0 Å². The SMILES string of the molecule is CC(NC(=O)c1cn(-c2c(F)cc(F)cc2F)c2nc(Cl)c(F)cc2c1=O)C(F)(F)C(F)(F)F. The zero-order valence-electron chi connectivity index (χ0n) is 16.4. The highest BCUT2D eigenvalue weighted by Gasteiger charge is 2.61. The number of rotatable bonds is 4. The van der Waals surface area contributed by atoms with Crippen LogP contribution in [0.1, 0.15) is 17.3 Å². The summed E-state index contributed by atoms with van der Waals surface area (Å²) in [5.74, 6) is -13.1. The minimum absolute atomic E-state index is 0.208. The number of aromatic nitrogens is 2. The Morgan fingerprint density at radius 2 is 1.59 bits per heavy atom. The van der Waals surface area contributed by atoms with Crippen LogP contribution in [0.25, 0.3) is 16.7 Å². The molecule has 1 amide bonds. The van der Waals surface area contributed by atoms with E-state index < -0.39 is 80.2 Å². The summed E-state index contributed by atoms with van der Waals surface area (Å²) in [6.07, 6.45) is -5.70. The summed E-state index contributed by atoms with van der Waals surface area (Å²) in [7, 11) is 0. The second kappa shape index (κ2) is 8.49. The van der Waals surface area contributed by atoms with Crippen LogP contribution in [0.5, 0.6) is 0 Å². The van der Waals surface area contributed by atoms with Crippen LogP contribution in [0, 0.1) is 23.3 Å². The van der Waals surface area contributed by atoms with Crippen molar-refractivity contribution in [1.29, 1.82) is 0 Å². The minimum Gasteiger partial charge on any atom is -0.343 e. The molecular formula is C19H9ClF9N3O2. The molecule has 0 saturated heterocycles.